The minimum Gasteiger partial charge on any atom is -0.326 e. The lowest BCUT2D eigenvalue weighted by Crippen LogP contribution is -2.27. The van der Waals surface area contributed by atoms with Crippen LogP contribution in [0.15, 0.2) is 48.5 Å². The standard InChI is InChI=1S/C19H20FN3O2.ClH/c20-14-5-2-7-17(11-14)23-19(25)13-4-1-6-16(10-13)22-18(24)12-15-8-3-9-21-15;/h1-2,4-7,10-11,15,21H,3,8-9,12H2,(H,22,24)(H,23,25);1H. The van der Waals surface area contributed by atoms with Crippen molar-refractivity contribution in [3.63, 3.8) is 0 Å². The summed E-state index contributed by atoms with van der Waals surface area (Å²) in [7, 11) is 0. The van der Waals surface area contributed by atoms with E-state index in [2.05, 4.69) is 16.0 Å². The molecule has 2 amide bonds. The fourth-order valence-electron chi connectivity index (χ4n) is 2.87. The molecule has 1 unspecified atom stereocenters. The van der Waals surface area contributed by atoms with Crippen molar-refractivity contribution in [3.05, 3.63) is 59.9 Å². The third-order valence-corrected chi connectivity index (χ3v) is 4.09. The fourth-order valence-corrected chi connectivity index (χ4v) is 2.87. The van der Waals surface area contributed by atoms with Crippen LogP contribution in [-0.2, 0) is 4.79 Å². The molecule has 0 aromatic heterocycles. The van der Waals surface area contributed by atoms with Gasteiger partial charge in [-0.05, 0) is 55.8 Å². The van der Waals surface area contributed by atoms with Crippen LogP contribution in [0, 0.1) is 5.82 Å². The van der Waals surface area contributed by atoms with Gasteiger partial charge in [0.25, 0.3) is 5.91 Å². The Kier molecular flexibility index (Phi) is 7.12. The number of halogens is 2. The molecule has 1 saturated heterocycles. The van der Waals surface area contributed by atoms with Crippen LogP contribution in [0.5, 0.6) is 0 Å². The molecule has 2 aromatic carbocycles. The molecular formula is C19H21ClFN3O2. The molecule has 7 heteroatoms. The molecule has 0 radical (unpaired) electrons. The molecule has 0 aliphatic carbocycles. The number of hydrogen-bond acceptors (Lipinski definition) is 3. The number of anilines is 2. The fraction of sp³-hybridized carbons (Fsp3) is 0.263. The summed E-state index contributed by atoms with van der Waals surface area (Å²) in [5.41, 5.74) is 1.34. The maximum atomic E-state index is 13.2. The van der Waals surface area contributed by atoms with Gasteiger partial charge in [0, 0.05) is 29.4 Å². The van der Waals surface area contributed by atoms with E-state index in [1.54, 1.807) is 30.3 Å². The summed E-state index contributed by atoms with van der Waals surface area (Å²) in [6.07, 6.45) is 2.51. The molecule has 1 aliphatic heterocycles. The lowest BCUT2D eigenvalue weighted by atomic mass is 10.1. The number of benzene rings is 2. The van der Waals surface area contributed by atoms with Gasteiger partial charge in [-0.3, -0.25) is 9.59 Å². The average Bonchev–Trinajstić information content (AvgIpc) is 3.08. The van der Waals surface area contributed by atoms with Crippen molar-refractivity contribution in [2.45, 2.75) is 25.3 Å². The molecule has 1 atom stereocenters. The third-order valence-electron chi connectivity index (χ3n) is 4.09. The highest BCUT2D eigenvalue weighted by Crippen LogP contribution is 2.16. The summed E-state index contributed by atoms with van der Waals surface area (Å²) in [6.45, 7) is 0.952. The third kappa shape index (κ3) is 5.54. The zero-order valence-electron chi connectivity index (χ0n) is 14.1. The molecule has 1 aliphatic rings. The first-order chi connectivity index (χ1) is 12.1. The zero-order chi connectivity index (χ0) is 17.6. The van der Waals surface area contributed by atoms with Gasteiger partial charge in [0.15, 0.2) is 0 Å². The quantitative estimate of drug-likeness (QED) is 0.745. The van der Waals surface area contributed by atoms with Crippen molar-refractivity contribution in [1.29, 1.82) is 0 Å². The monoisotopic (exact) mass is 377 g/mol. The molecule has 1 heterocycles. The van der Waals surface area contributed by atoms with Gasteiger partial charge in [-0.15, -0.1) is 12.4 Å². The summed E-state index contributed by atoms with van der Waals surface area (Å²) in [4.78, 5) is 24.4. The van der Waals surface area contributed by atoms with E-state index in [0.29, 0.717) is 23.4 Å². The van der Waals surface area contributed by atoms with E-state index in [4.69, 9.17) is 0 Å². The number of rotatable bonds is 5. The Morgan fingerprint density at radius 2 is 1.81 bits per heavy atom. The molecule has 2 aromatic rings. The second-order valence-corrected chi connectivity index (χ2v) is 6.09. The van der Waals surface area contributed by atoms with Crippen LogP contribution >= 0.6 is 12.4 Å². The van der Waals surface area contributed by atoms with Gasteiger partial charge in [0.2, 0.25) is 5.91 Å². The van der Waals surface area contributed by atoms with Crippen LogP contribution < -0.4 is 16.0 Å². The zero-order valence-corrected chi connectivity index (χ0v) is 14.9. The Labute approximate surface area is 157 Å². The van der Waals surface area contributed by atoms with E-state index < -0.39 is 5.82 Å². The molecule has 0 spiro atoms. The summed E-state index contributed by atoms with van der Waals surface area (Å²) < 4.78 is 13.2. The molecule has 138 valence electrons. The number of carbonyl (C=O) groups is 2. The highest BCUT2D eigenvalue weighted by Gasteiger charge is 2.17. The Hall–Kier alpha value is -2.44. The van der Waals surface area contributed by atoms with E-state index in [0.717, 1.165) is 19.4 Å². The van der Waals surface area contributed by atoms with Crippen LogP contribution in [0.4, 0.5) is 15.8 Å². The highest BCUT2D eigenvalue weighted by atomic mass is 35.5. The Morgan fingerprint density at radius 3 is 2.50 bits per heavy atom. The van der Waals surface area contributed by atoms with Crippen LogP contribution in [0.2, 0.25) is 0 Å². The number of carbonyl (C=O) groups excluding carboxylic acids is 2. The first-order valence-corrected chi connectivity index (χ1v) is 8.30. The lowest BCUT2D eigenvalue weighted by Gasteiger charge is -2.11. The summed E-state index contributed by atoms with van der Waals surface area (Å²) in [5, 5.41) is 8.73. The van der Waals surface area contributed by atoms with Gasteiger partial charge in [-0.25, -0.2) is 4.39 Å². The maximum absolute atomic E-state index is 13.2. The SMILES string of the molecule is Cl.O=C(CC1CCCN1)Nc1cccc(C(=O)Nc2cccc(F)c2)c1. The van der Waals surface area contributed by atoms with E-state index in [1.165, 1.54) is 18.2 Å². The number of amides is 2. The van der Waals surface area contributed by atoms with Gasteiger partial charge >= 0.3 is 0 Å². The van der Waals surface area contributed by atoms with Gasteiger partial charge in [0.1, 0.15) is 5.82 Å². The van der Waals surface area contributed by atoms with Crippen LogP contribution in [0.3, 0.4) is 0 Å². The normalized spacial score (nSPS) is 15.8. The van der Waals surface area contributed by atoms with Crippen molar-refractivity contribution in [2.75, 3.05) is 17.2 Å². The van der Waals surface area contributed by atoms with Gasteiger partial charge in [-0.2, -0.15) is 0 Å². The van der Waals surface area contributed by atoms with Crippen molar-refractivity contribution >= 4 is 35.6 Å². The Balaban J connectivity index is 0.00000243. The van der Waals surface area contributed by atoms with E-state index in [9.17, 15) is 14.0 Å². The first kappa shape index (κ1) is 19.9. The maximum Gasteiger partial charge on any atom is 0.255 e. The minimum absolute atomic E-state index is 0. The summed E-state index contributed by atoms with van der Waals surface area (Å²) in [5.74, 6) is -0.861. The van der Waals surface area contributed by atoms with Gasteiger partial charge in [-0.1, -0.05) is 12.1 Å². The van der Waals surface area contributed by atoms with E-state index in [-0.39, 0.29) is 30.3 Å². The van der Waals surface area contributed by atoms with Crippen molar-refractivity contribution in [1.82, 2.24) is 5.32 Å². The van der Waals surface area contributed by atoms with Crippen molar-refractivity contribution < 1.29 is 14.0 Å². The largest absolute Gasteiger partial charge is 0.326 e. The van der Waals surface area contributed by atoms with Crippen LogP contribution in [0.25, 0.3) is 0 Å². The second-order valence-electron chi connectivity index (χ2n) is 6.09. The second kappa shape index (κ2) is 9.31. The van der Waals surface area contributed by atoms with Crippen LogP contribution in [0.1, 0.15) is 29.6 Å². The van der Waals surface area contributed by atoms with Gasteiger partial charge < -0.3 is 16.0 Å². The molecule has 5 nitrogen and oxygen atoms in total. The lowest BCUT2D eigenvalue weighted by molar-refractivity contribution is -0.116. The molecule has 3 rings (SSSR count). The van der Waals surface area contributed by atoms with E-state index in [1.807, 2.05) is 0 Å². The summed E-state index contributed by atoms with van der Waals surface area (Å²) in [6, 6.07) is 12.6. The van der Waals surface area contributed by atoms with E-state index >= 15 is 0 Å². The highest BCUT2D eigenvalue weighted by molar-refractivity contribution is 6.05. The molecule has 26 heavy (non-hydrogen) atoms. The van der Waals surface area contributed by atoms with Crippen LogP contribution in [-0.4, -0.2) is 24.4 Å². The predicted octanol–water partition coefficient (Wildman–Crippen LogP) is 3.58. The Bertz CT molecular complexity index is 779. The predicted molar refractivity (Wildman–Crippen MR) is 102 cm³/mol. The molecule has 0 saturated carbocycles. The van der Waals surface area contributed by atoms with Gasteiger partial charge in [0.05, 0.1) is 0 Å². The van der Waals surface area contributed by atoms with Crippen molar-refractivity contribution in [2.24, 2.45) is 0 Å². The number of hydrogen-bond donors (Lipinski definition) is 3. The minimum atomic E-state index is -0.417. The molecular weight excluding hydrogens is 357 g/mol. The molecule has 3 N–H and O–H groups in total. The average molecular weight is 378 g/mol. The molecule has 0 bridgehead atoms. The first-order valence-electron chi connectivity index (χ1n) is 8.30. The Morgan fingerprint density at radius 1 is 1.08 bits per heavy atom. The molecule has 1 fully saturated rings. The topological polar surface area (TPSA) is 70.2 Å². The smallest absolute Gasteiger partial charge is 0.255 e. The van der Waals surface area contributed by atoms with Crippen molar-refractivity contribution in [3.8, 4) is 0 Å². The number of nitrogens with one attached hydrogen (secondary N) is 3. The summed E-state index contributed by atoms with van der Waals surface area (Å²) >= 11 is 0.